The molecule has 0 aromatic heterocycles. The van der Waals surface area contributed by atoms with E-state index in [1.165, 1.54) is 19.3 Å². The summed E-state index contributed by atoms with van der Waals surface area (Å²) < 4.78 is 17.5. The smallest absolute Gasteiger partial charge is 0.241 e. The topological polar surface area (TPSA) is 84.4 Å². The number of hydrogen-bond acceptors (Lipinski definition) is 5. The molecule has 8 heteroatoms. The number of hydrogen-bond donors (Lipinski definition) is 2. The summed E-state index contributed by atoms with van der Waals surface area (Å²) in [5, 5.41) is 6.50. The number of likely N-dealkylation sites (N-methyl/N-ethyl adjacent to an activating group) is 1. The molecule has 2 N–H and O–H groups in total. The lowest BCUT2D eigenvalue weighted by Crippen LogP contribution is -2.45. The van der Waals surface area contributed by atoms with Crippen LogP contribution < -0.4 is 20.1 Å². The maximum Gasteiger partial charge on any atom is 0.241 e. The SMILES string of the molecule is COc1ccc(CN=C(NCC(=O)N(C)C)NCC2CCCCO2)c(OC2CCCC2)c1. The van der Waals surface area contributed by atoms with Crippen molar-refractivity contribution in [2.45, 2.75) is 63.7 Å². The van der Waals surface area contributed by atoms with Gasteiger partial charge in [0.1, 0.15) is 11.5 Å². The van der Waals surface area contributed by atoms with Crippen LogP contribution in [0.2, 0.25) is 0 Å². The second-order valence-corrected chi connectivity index (χ2v) is 8.67. The van der Waals surface area contributed by atoms with Crippen LogP contribution in [0.1, 0.15) is 50.5 Å². The molecular formula is C24H38N4O4. The van der Waals surface area contributed by atoms with Gasteiger partial charge in [-0.2, -0.15) is 0 Å². The average molecular weight is 447 g/mol. The van der Waals surface area contributed by atoms with E-state index in [4.69, 9.17) is 19.2 Å². The number of benzene rings is 1. The number of nitrogens with zero attached hydrogens (tertiary/aromatic N) is 2. The Morgan fingerprint density at radius 2 is 1.94 bits per heavy atom. The lowest BCUT2D eigenvalue weighted by molar-refractivity contribution is -0.127. The summed E-state index contributed by atoms with van der Waals surface area (Å²) in [7, 11) is 5.15. The van der Waals surface area contributed by atoms with Crippen LogP contribution in [0, 0.1) is 0 Å². The van der Waals surface area contributed by atoms with Gasteiger partial charge >= 0.3 is 0 Å². The molecule has 1 saturated carbocycles. The molecule has 1 aliphatic heterocycles. The lowest BCUT2D eigenvalue weighted by atomic mass is 10.1. The minimum atomic E-state index is -0.0110. The standard InChI is InChI=1S/C24H38N4O4/c1-28(2)23(29)17-27-24(26-16-21-10-6-7-13-31-21)25-15-18-11-12-20(30-3)14-22(18)32-19-8-4-5-9-19/h11-12,14,19,21H,4-10,13,15-17H2,1-3H3,(H2,25,26,27). The lowest BCUT2D eigenvalue weighted by Gasteiger charge is -2.24. The third kappa shape index (κ3) is 7.58. The van der Waals surface area contributed by atoms with Gasteiger partial charge in [-0.25, -0.2) is 4.99 Å². The summed E-state index contributed by atoms with van der Waals surface area (Å²) in [6.45, 7) is 2.08. The van der Waals surface area contributed by atoms with Crippen molar-refractivity contribution in [2.24, 2.45) is 4.99 Å². The molecule has 3 rings (SSSR count). The Hall–Kier alpha value is -2.48. The number of carbonyl (C=O) groups is 1. The van der Waals surface area contributed by atoms with Gasteiger partial charge in [-0.05, 0) is 57.1 Å². The molecule has 2 aliphatic rings. The maximum absolute atomic E-state index is 12.1. The van der Waals surface area contributed by atoms with E-state index in [0.717, 1.165) is 49.4 Å². The van der Waals surface area contributed by atoms with E-state index in [0.29, 0.717) is 19.0 Å². The van der Waals surface area contributed by atoms with Crippen molar-refractivity contribution in [1.29, 1.82) is 0 Å². The number of aliphatic imine (C=N–C) groups is 1. The van der Waals surface area contributed by atoms with Crippen LogP contribution in [-0.4, -0.2) is 69.9 Å². The van der Waals surface area contributed by atoms with E-state index in [2.05, 4.69) is 10.6 Å². The van der Waals surface area contributed by atoms with Crippen LogP contribution in [0.5, 0.6) is 11.5 Å². The molecule has 0 spiro atoms. The first-order valence-corrected chi connectivity index (χ1v) is 11.7. The number of carbonyl (C=O) groups excluding carboxylic acids is 1. The second kappa shape index (κ2) is 12.5. The number of nitrogens with one attached hydrogen (secondary N) is 2. The van der Waals surface area contributed by atoms with Gasteiger partial charge in [0, 0.05) is 38.9 Å². The van der Waals surface area contributed by atoms with Crippen molar-refractivity contribution in [3.8, 4) is 11.5 Å². The molecule has 1 atom stereocenters. The number of ether oxygens (including phenoxy) is 3. The van der Waals surface area contributed by atoms with Crippen molar-refractivity contribution in [1.82, 2.24) is 15.5 Å². The molecule has 1 aliphatic carbocycles. The molecule has 0 bridgehead atoms. The number of rotatable bonds is 9. The Bertz CT molecular complexity index is 756. The summed E-state index contributed by atoms with van der Waals surface area (Å²) in [5.74, 6) is 2.17. The van der Waals surface area contributed by atoms with E-state index < -0.39 is 0 Å². The highest BCUT2D eigenvalue weighted by molar-refractivity contribution is 5.86. The summed E-state index contributed by atoms with van der Waals surface area (Å²) in [6.07, 6.45) is 8.35. The quantitative estimate of drug-likeness (QED) is 0.448. The van der Waals surface area contributed by atoms with Gasteiger partial charge in [0.05, 0.1) is 32.4 Å². The van der Waals surface area contributed by atoms with Crippen molar-refractivity contribution >= 4 is 11.9 Å². The van der Waals surface area contributed by atoms with Crippen molar-refractivity contribution in [2.75, 3.05) is 40.9 Å². The third-order valence-corrected chi connectivity index (χ3v) is 5.95. The van der Waals surface area contributed by atoms with Crippen LogP contribution in [0.25, 0.3) is 0 Å². The van der Waals surface area contributed by atoms with E-state index in [-0.39, 0.29) is 24.7 Å². The van der Waals surface area contributed by atoms with Gasteiger partial charge in [-0.1, -0.05) is 0 Å². The minimum Gasteiger partial charge on any atom is -0.497 e. The van der Waals surface area contributed by atoms with Gasteiger partial charge in [0.25, 0.3) is 0 Å². The van der Waals surface area contributed by atoms with E-state index in [1.807, 2.05) is 18.2 Å². The summed E-state index contributed by atoms with van der Waals surface area (Å²) >= 11 is 0. The molecule has 0 radical (unpaired) electrons. The van der Waals surface area contributed by atoms with Crippen LogP contribution in [0.4, 0.5) is 0 Å². The normalized spacial score (nSPS) is 19.5. The fourth-order valence-corrected chi connectivity index (χ4v) is 3.92. The molecular weight excluding hydrogens is 408 g/mol. The summed E-state index contributed by atoms with van der Waals surface area (Å²) in [6, 6.07) is 5.87. The van der Waals surface area contributed by atoms with Gasteiger partial charge < -0.3 is 29.7 Å². The minimum absolute atomic E-state index is 0.0110. The van der Waals surface area contributed by atoms with Crippen molar-refractivity contribution in [3.63, 3.8) is 0 Å². The van der Waals surface area contributed by atoms with E-state index in [9.17, 15) is 4.79 Å². The Kier molecular flexibility index (Phi) is 9.46. The van der Waals surface area contributed by atoms with Gasteiger partial charge in [0.15, 0.2) is 5.96 Å². The first-order chi connectivity index (χ1) is 15.5. The number of amides is 1. The maximum atomic E-state index is 12.1. The zero-order valence-electron chi connectivity index (χ0n) is 19.7. The molecule has 1 unspecified atom stereocenters. The molecule has 32 heavy (non-hydrogen) atoms. The molecule has 1 heterocycles. The molecule has 2 fully saturated rings. The molecule has 8 nitrogen and oxygen atoms in total. The van der Waals surface area contributed by atoms with Gasteiger partial charge in [-0.3, -0.25) is 4.79 Å². The Morgan fingerprint density at radius 1 is 1.16 bits per heavy atom. The first kappa shape index (κ1) is 24.2. The zero-order valence-corrected chi connectivity index (χ0v) is 19.7. The largest absolute Gasteiger partial charge is 0.497 e. The van der Waals surface area contributed by atoms with Crippen LogP contribution in [0.15, 0.2) is 23.2 Å². The predicted molar refractivity (Wildman–Crippen MR) is 125 cm³/mol. The fraction of sp³-hybridized carbons (Fsp3) is 0.667. The predicted octanol–water partition coefficient (Wildman–Crippen LogP) is 2.71. The molecule has 1 aromatic rings. The second-order valence-electron chi connectivity index (χ2n) is 8.67. The van der Waals surface area contributed by atoms with E-state index >= 15 is 0 Å². The Labute approximate surface area is 191 Å². The number of guanidine groups is 1. The highest BCUT2D eigenvalue weighted by Gasteiger charge is 2.19. The molecule has 1 aromatic carbocycles. The first-order valence-electron chi connectivity index (χ1n) is 11.7. The monoisotopic (exact) mass is 446 g/mol. The van der Waals surface area contributed by atoms with Gasteiger partial charge in [-0.15, -0.1) is 0 Å². The molecule has 1 saturated heterocycles. The van der Waals surface area contributed by atoms with Crippen LogP contribution >= 0.6 is 0 Å². The average Bonchev–Trinajstić information content (AvgIpc) is 3.32. The Balaban J connectivity index is 1.69. The van der Waals surface area contributed by atoms with Gasteiger partial charge in [0.2, 0.25) is 5.91 Å². The summed E-state index contributed by atoms with van der Waals surface area (Å²) in [5.41, 5.74) is 0.992. The van der Waals surface area contributed by atoms with Crippen LogP contribution in [0.3, 0.4) is 0 Å². The third-order valence-electron chi connectivity index (χ3n) is 5.95. The highest BCUT2D eigenvalue weighted by atomic mass is 16.5. The van der Waals surface area contributed by atoms with E-state index in [1.54, 1.807) is 26.1 Å². The Morgan fingerprint density at radius 3 is 2.62 bits per heavy atom. The molecule has 178 valence electrons. The zero-order chi connectivity index (χ0) is 22.8. The summed E-state index contributed by atoms with van der Waals surface area (Å²) in [4.78, 5) is 18.4. The molecule has 1 amide bonds. The number of methoxy groups -OCH3 is 1. The van der Waals surface area contributed by atoms with Crippen molar-refractivity contribution in [3.05, 3.63) is 23.8 Å². The van der Waals surface area contributed by atoms with Crippen LogP contribution in [-0.2, 0) is 16.1 Å². The highest BCUT2D eigenvalue weighted by Crippen LogP contribution is 2.30. The fourth-order valence-electron chi connectivity index (χ4n) is 3.92. The van der Waals surface area contributed by atoms with Crippen molar-refractivity contribution < 1.29 is 19.0 Å².